The fourth-order valence-electron chi connectivity index (χ4n) is 3.45. The van der Waals surface area contributed by atoms with Crippen LogP contribution in [0.15, 0.2) is 29.6 Å². The van der Waals surface area contributed by atoms with Crippen LogP contribution in [0.3, 0.4) is 0 Å². The number of rotatable bonds is 6. The fraction of sp³-hybridized carbons (Fsp3) is 0.526. The highest BCUT2D eigenvalue weighted by Crippen LogP contribution is 2.25. The molecule has 1 aromatic heterocycles. The number of benzene rings is 1. The Morgan fingerprint density at radius 1 is 1.19 bits per heavy atom. The minimum atomic E-state index is -3.41. The fourth-order valence-corrected chi connectivity index (χ4v) is 5.76. The monoisotopic (exact) mass is 393 g/mol. The molecule has 1 aromatic carbocycles. The number of piperidine rings is 1. The van der Waals surface area contributed by atoms with Crippen molar-refractivity contribution < 1.29 is 8.42 Å². The van der Waals surface area contributed by atoms with Crippen LogP contribution in [0.25, 0.3) is 10.6 Å². The van der Waals surface area contributed by atoms with E-state index < -0.39 is 10.2 Å². The summed E-state index contributed by atoms with van der Waals surface area (Å²) in [5, 5.41) is 2.98. The molecule has 2 unspecified atom stereocenters. The molecular weight excluding hydrogens is 366 g/mol. The van der Waals surface area contributed by atoms with E-state index in [1.807, 2.05) is 5.38 Å². The largest absolute Gasteiger partial charge is 0.279 e. The second-order valence-electron chi connectivity index (χ2n) is 7.42. The molecule has 1 aliphatic rings. The van der Waals surface area contributed by atoms with E-state index in [0.29, 0.717) is 37.9 Å². The first kappa shape index (κ1) is 19.5. The molecule has 5 nitrogen and oxygen atoms in total. The van der Waals surface area contributed by atoms with Gasteiger partial charge in [0, 0.05) is 37.0 Å². The minimum absolute atomic E-state index is 0.374. The molecule has 2 aromatic rings. The molecule has 0 aliphatic carbocycles. The van der Waals surface area contributed by atoms with Crippen molar-refractivity contribution in [3.8, 4) is 10.6 Å². The Kier molecular flexibility index (Phi) is 6.12. The Morgan fingerprint density at radius 3 is 2.50 bits per heavy atom. The highest BCUT2D eigenvalue weighted by Gasteiger charge is 2.30. The SMILES string of the molecule is Cc1ccc(-c2nc(CCNS(=O)(=O)N3CC(C)CC(C)C3)cs2)cc1. The van der Waals surface area contributed by atoms with E-state index >= 15 is 0 Å². The summed E-state index contributed by atoms with van der Waals surface area (Å²) < 4.78 is 29.4. The summed E-state index contributed by atoms with van der Waals surface area (Å²) in [5.41, 5.74) is 3.25. The lowest BCUT2D eigenvalue weighted by Gasteiger charge is -2.33. The zero-order valence-electron chi connectivity index (χ0n) is 15.6. The van der Waals surface area contributed by atoms with Crippen LogP contribution in [0.1, 0.15) is 31.5 Å². The minimum Gasteiger partial charge on any atom is -0.241 e. The van der Waals surface area contributed by atoms with Crippen molar-refractivity contribution in [2.24, 2.45) is 11.8 Å². The highest BCUT2D eigenvalue weighted by molar-refractivity contribution is 7.87. The summed E-state index contributed by atoms with van der Waals surface area (Å²) in [5.74, 6) is 0.817. The van der Waals surface area contributed by atoms with E-state index in [1.54, 1.807) is 15.6 Å². The van der Waals surface area contributed by atoms with Crippen LogP contribution >= 0.6 is 11.3 Å². The smallest absolute Gasteiger partial charge is 0.241 e. The second-order valence-corrected chi connectivity index (χ2v) is 10.0. The number of hydrogen-bond donors (Lipinski definition) is 1. The molecule has 2 atom stereocenters. The lowest BCUT2D eigenvalue weighted by atomic mass is 9.94. The number of thiazole rings is 1. The van der Waals surface area contributed by atoms with E-state index in [-0.39, 0.29) is 0 Å². The summed E-state index contributed by atoms with van der Waals surface area (Å²) in [6.45, 7) is 7.87. The van der Waals surface area contributed by atoms with Gasteiger partial charge in [0.25, 0.3) is 10.2 Å². The van der Waals surface area contributed by atoms with Crippen molar-refractivity contribution in [2.75, 3.05) is 19.6 Å². The first-order valence-electron chi connectivity index (χ1n) is 9.09. The van der Waals surface area contributed by atoms with Gasteiger partial charge < -0.3 is 0 Å². The molecule has 0 amide bonds. The molecule has 7 heteroatoms. The van der Waals surface area contributed by atoms with E-state index in [0.717, 1.165) is 22.7 Å². The number of hydrogen-bond acceptors (Lipinski definition) is 4. The summed E-state index contributed by atoms with van der Waals surface area (Å²) >= 11 is 1.60. The van der Waals surface area contributed by atoms with Crippen molar-refractivity contribution in [1.29, 1.82) is 0 Å². The molecule has 3 rings (SSSR count). The van der Waals surface area contributed by atoms with Gasteiger partial charge in [-0.15, -0.1) is 11.3 Å². The maximum Gasteiger partial charge on any atom is 0.279 e. The first-order chi connectivity index (χ1) is 12.3. The lowest BCUT2D eigenvalue weighted by molar-refractivity contribution is 0.220. The summed E-state index contributed by atoms with van der Waals surface area (Å²) in [6, 6.07) is 8.29. The predicted octanol–water partition coefficient (Wildman–Crippen LogP) is 3.47. The Labute approximate surface area is 160 Å². The Hall–Kier alpha value is -1.28. The van der Waals surface area contributed by atoms with Crippen molar-refractivity contribution in [2.45, 2.75) is 33.6 Å². The van der Waals surface area contributed by atoms with Crippen LogP contribution in [0.4, 0.5) is 0 Å². The zero-order chi connectivity index (χ0) is 18.7. The molecule has 0 saturated carbocycles. The Morgan fingerprint density at radius 2 is 1.85 bits per heavy atom. The van der Waals surface area contributed by atoms with Gasteiger partial charge in [-0.2, -0.15) is 12.7 Å². The van der Waals surface area contributed by atoms with Gasteiger partial charge in [0.05, 0.1) is 5.69 Å². The average Bonchev–Trinajstić information content (AvgIpc) is 3.03. The third-order valence-electron chi connectivity index (χ3n) is 4.69. The Bertz CT molecular complexity index is 821. The van der Waals surface area contributed by atoms with Gasteiger partial charge in [0.15, 0.2) is 0 Å². The van der Waals surface area contributed by atoms with Gasteiger partial charge in [-0.3, -0.25) is 0 Å². The number of aryl methyl sites for hydroxylation is 1. The maximum atomic E-state index is 12.5. The molecule has 1 N–H and O–H groups in total. The molecule has 0 spiro atoms. The zero-order valence-corrected chi connectivity index (χ0v) is 17.2. The molecule has 1 fully saturated rings. The van der Waals surface area contributed by atoms with Crippen LogP contribution < -0.4 is 4.72 Å². The van der Waals surface area contributed by atoms with Crippen LogP contribution in [0.5, 0.6) is 0 Å². The molecule has 142 valence electrons. The van der Waals surface area contributed by atoms with Gasteiger partial charge in [0.1, 0.15) is 5.01 Å². The van der Waals surface area contributed by atoms with E-state index in [4.69, 9.17) is 0 Å². The summed E-state index contributed by atoms with van der Waals surface area (Å²) in [6.07, 6.45) is 1.69. The summed E-state index contributed by atoms with van der Waals surface area (Å²) in [4.78, 5) is 4.64. The Balaban J connectivity index is 1.55. The molecule has 0 bridgehead atoms. The van der Waals surface area contributed by atoms with E-state index in [2.05, 4.69) is 54.7 Å². The molecule has 26 heavy (non-hydrogen) atoms. The lowest BCUT2D eigenvalue weighted by Crippen LogP contribution is -2.48. The summed E-state index contributed by atoms with van der Waals surface area (Å²) in [7, 11) is -3.41. The predicted molar refractivity (Wildman–Crippen MR) is 107 cm³/mol. The van der Waals surface area contributed by atoms with Crippen LogP contribution in [0.2, 0.25) is 0 Å². The van der Waals surface area contributed by atoms with E-state index in [9.17, 15) is 8.42 Å². The quantitative estimate of drug-likeness (QED) is 0.817. The molecule has 1 aliphatic heterocycles. The van der Waals surface area contributed by atoms with Crippen LogP contribution in [0, 0.1) is 18.8 Å². The third-order valence-corrected chi connectivity index (χ3v) is 7.18. The topological polar surface area (TPSA) is 62.3 Å². The molecular formula is C19H27N3O2S2. The second kappa shape index (κ2) is 8.17. The maximum absolute atomic E-state index is 12.5. The normalized spacial score (nSPS) is 21.8. The van der Waals surface area contributed by atoms with Crippen LogP contribution in [-0.4, -0.2) is 37.3 Å². The molecule has 0 radical (unpaired) electrons. The molecule has 1 saturated heterocycles. The number of nitrogens with one attached hydrogen (secondary N) is 1. The average molecular weight is 394 g/mol. The van der Waals surface area contributed by atoms with Crippen molar-refractivity contribution in [1.82, 2.24) is 14.0 Å². The molecule has 2 heterocycles. The third kappa shape index (κ3) is 4.91. The van der Waals surface area contributed by atoms with Crippen molar-refractivity contribution in [3.63, 3.8) is 0 Å². The van der Waals surface area contributed by atoms with Crippen molar-refractivity contribution >= 4 is 21.5 Å². The van der Waals surface area contributed by atoms with Crippen molar-refractivity contribution in [3.05, 3.63) is 40.9 Å². The van der Waals surface area contributed by atoms with Gasteiger partial charge in [-0.05, 0) is 25.2 Å². The van der Waals surface area contributed by atoms with E-state index in [1.165, 1.54) is 5.56 Å². The van der Waals surface area contributed by atoms with Gasteiger partial charge in [-0.1, -0.05) is 43.7 Å². The van der Waals surface area contributed by atoms with Gasteiger partial charge in [0.2, 0.25) is 0 Å². The van der Waals surface area contributed by atoms with Gasteiger partial charge in [-0.25, -0.2) is 9.71 Å². The van der Waals surface area contributed by atoms with Crippen LogP contribution in [-0.2, 0) is 16.6 Å². The highest BCUT2D eigenvalue weighted by atomic mass is 32.2. The number of nitrogens with zero attached hydrogens (tertiary/aromatic N) is 2. The first-order valence-corrected chi connectivity index (χ1v) is 11.4. The van der Waals surface area contributed by atoms with Gasteiger partial charge >= 0.3 is 0 Å². The number of aromatic nitrogens is 1. The standard InChI is InChI=1S/C19H27N3O2S2/c1-14-4-6-17(7-5-14)19-21-18(13-25-19)8-9-20-26(23,24)22-11-15(2)10-16(3)12-22/h4-7,13,15-16,20H,8-12H2,1-3H3.